The fraction of sp³-hybridized carbons (Fsp3) is 0.0625. The lowest BCUT2D eigenvalue weighted by molar-refractivity contribution is -0.105. The topological polar surface area (TPSA) is 71.8 Å². The summed E-state index contributed by atoms with van der Waals surface area (Å²) in [5.74, 6) is 1.42. The molecule has 0 aliphatic rings. The third-order valence-corrected chi connectivity index (χ3v) is 3.28. The Morgan fingerprint density at radius 1 is 1.14 bits per heavy atom. The van der Waals surface area contributed by atoms with E-state index < -0.39 is 0 Å². The number of hydrogen-bond acceptors (Lipinski definition) is 4. The molecule has 1 aromatic carbocycles. The summed E-state index contributed by atoms with van der Waals surface area (Å²) >= 11 is 0. The average molecular weight is 293 g/mol. The Balaban J connectivity index is 2.08. The van der Waals surface area contributed by atoms with Crippen molar-refractivity contribution in [2.75, 3.05) is 17.7 Å². The van der Waals surface area contributed by atoms with Crippen LogP contribution in [0.5, 0.6) is 0 Å². The lowest BCUT2D eigenvalue weighted by Crippen LogP contribution is -2.01. The standard InChI is InChI=1S/C16H15N5O/c1-17-15-8-14(18-10-19-15)12-7-16(20-11-22)21(9-12)13-5-3-2-4-6-13/h2-11H,1H3,(H,20,22)(H,17,18,19). The molecule has 6 heteroatoms. The molecule has 0 spiro atoms. The monoisotopic (exact) mass is 293 g/mol. The molecule has 22 heavy (non-hydrogen) atoms. The molecule has 6 nitrogen and oxygen atoms in total. The summed E-state index contributed by atoms with van der Waals surface area (Å²) in [5, 5.41) is 5.70. The first-order chi connectivity index (χ1) is 10.8. The first-order valence-electron chi connectivity index (χ1n) is 6.80. The highest BCUT2D eigenvalue weighted by Gasteiger charge is 2.10. The number of aromatic nitrogens is 3. The molecule has 110 valence electrons. The zero-order valence-corrected chi connectivity index (χ0v) is 12.0. The Kier molecular flexibility index (Phi) is 3.82. The van der Waals surface area contributed by atoms with Crippen molar-refractivity contribution in [3.63, 3.8) is 0 Å². The van der Waals surface area contributed by atoms with Gasteiger partial charge >= 0.3 is 0 Å². The summed E-state index contributed by atoms with van der Waals surface area (Å²) in [7, 11) is 1.81. The minimum atomic E-state index is 0.664. The fourth-order valence-corrected chi connectivity index (χ4v) is 2.23. The van der Waals surface area contributed by atoms with E-state index in [1.54, 1.807) is 7.05 Å². The van der Waals surface area contributed by atoms with Gasteiger partial charge in [-0.25, -0.2) is 9.97 Å². The van der Waals surface area contributed by atoms with Gasteiger partial charge in [-0.2, -0.15) is 0 Å². The molecule has 0 saturated heterocycles. The lowest BCUT2D eigenvalue weighted by Gasteiger charge is -2.07. The smallest absolute Gasteiger partial charge is 0.212 e. The molecular formula is C16H15N5O. The predicted octanol–water partition coefficient (Wildman–Crippen LogP) is 2.54. The highest BCUT2D eigenvalue weighted by atomic mass is 16.1. The zero-order chi connectivity index (χ0) is 15.4. The minimum absolute atomic E-state index is 0.664. The summed E-state index contributed by atoms with van der Waals surface area (Å²) in [4.78, 5) is 19.2. The number of carbonyl (C=O) groups is 1. The maximum Gasteiger partial charge on any atom is 0.212 e. The summed E-state index contributed by atoms with van der Waals surface area (Å²) in [6.45, 7) is 0. The average Bonchev–Trinajstić information content (AvgIpc) is 3.00. The molecule has 0 atom stereocenters. The molecule has 0 bridgehead atoms. The molecule has 2 N–H and O–H groups in total. The molecular weight excluding hydrogens is 278 g/mol. The number of carbonyl (C=O) groups excluding carboxylic acids is 1. The van der Waals surface area contributed by atoms with Crippen LogP contribution in [0.15, 0.2) is 55.0 Å². The Morgan fingerprint density at radius 2 is 1.95 bits per heavy atom. The van der Waals surface area contributed by atoms with Crippen LogP contribution in [-0.2, 0) is 4.79 Å². The number of nitrogens with zero attached hydrogens (tertiary/aromatic N) is 3. The van der Waals surface area contributed by atoms with Crippen molar-refractivity contribution in [1.82, 2.24) is 14.5 Å². The molecule has 3 aromatic rings. The maximum atomic E-state index is 10.8. The van der Waals surface area contributed by atoms with Crippen molar-refractivity contribution in [3.8, 4) is 16.9 Å². The van der Waals surface area contributed by atoms with E-state index >= 15 is 0 Å². The van der Waals surface area contributed by atoms with Crippen LogP contribution < -0.4 is 10.6 Å². The molecule has 0 radical (unpaired) electrons. The Labute approximate surface area is 127 Å². The van der Waals surface area contributed by atoms with Crippen molar-refractivity contribution in [2.45, 2.75) is 0 Å². The third-order valence-electron chi connectivity index (χ3n) is 3.28. The largest absolute Gasteiger partial charge is 0.373 e. The van der Waals surface area contributed by atoms with Crippen LogP contribution in [0.3, 0.4) is 0 Å². The van der Waals surface area contributed by atoms with Gasteiger partial charge in [0.2, 0.25) is 6.41 Å². The van der Waals surface area contributed by atoms with Gasteiger partial charge in [0.1, 0.15) is 18.0 Å². The Bertz CT molecular complexity index is 782. The molecule has 2 aromatic heterocycles. The van der Waals surface area contributed by atoms with E-state index in [1.807, 2.05) is 53.2 Å². The van der Waals surface area contributed by atoms with Gasteiger partial charge in [-0.1, -0.05) is 18.2 Å². The van der Waals surface area contributed by atoms with Crippen LogP contribution in [0.1, 0.15) is 0 Å². The second-order valence-corrected chi connectivity index (χ2v) is 4.62. The minimum Gasteiger partial charge on any atom is -0.373 e. The van der Waals surface area contributed by atoms with Gasteiger partial charge in [0.15, 0.2) is 0 Å². The Hall–Kier alpha value is -3.15. The van der Waals surface area contributed by atoms with Crippen LogP contribution in [0.4, 0.5) is 11.6 Å². The maximum absolute atomic E-state index is 10.8. The molecule has 0 saturated carbocycles. The van der Waals surface area contributed by atoms with Crippen molar-refractivity contribution < 1.29 is 4.79 Å². The molecule has 3 rings (SSSR count). The van der Waals surface area contributed by atoms with Crippen LogP contribution in [0.2, 0.25) is 0 Å². The van der Waals surface area contributed by atoms with Crippen molar-refractivity contribution in [3.05, 3.63) is 55.0 Å². The van der Waals surface area contributed by atoms with Gasteiger partial charge in [0, 0.05) is 30.6 Å². The SMILES string of the molecule is CNc1cc(-c2cc(NC=O)n(-c3ccccc3)c2)ncn1. The first-order valence-corrected chi connectivity index (χ1v) is 6.80. The quantitative estimate of drug-likeness (QED) is 0.709. The van der Waals surface area contributed by atoms with Crippen molar-refractivity contribution in [1.29, 1.82) is 0 Å². The van der Waals surface area contributed by atoms with E-state index in [1.165, 1.54) is 6.33 Å². The van der Waals surface area contributed by atoms with Crippen molar-refractivity contribution >= 4 is 18.0 Å². The Morgan fingerprint density at radius 3 is 2.68 bits per heavy atom. The highest BCUT2D eigenvalue weighted by molar-refractivity contribution is 5.76. The van der Waals surface area contributed by atoms with Crippen LogP contribution in [0, 0.1) is 0 Å². The normalized spacial score (nSPS) is 10.2. The van der Waals surface area contributed by atoms with E-state index in [9.17, 15) is 4.79 Å². The summed E-state index contributed by atoms with van der Waals surface area (Å²) in [5.41, 5.74) is 2.64. The van der Waals surface area contributed by atoms with E-state index in [0.29, 0.717) is 12.2 Å². The van der Waals surface area contributed by atoms with E-state index in [0.717, 1.165) is 22.8 Å². The highest BCUT2D eigenvalue weighted by Crippen LogP contribution is 2.27. The summed E-state index contributed by atoms with van der Waals surface area (Å²) < 4.78 is 1.91. The number of para-hydroxylation sites is 1. The second-order valence-electron chi connectivity index (χ2n) is 4.62. The second kappa shape index (κ2) is 6.09. The fourth-order valence-electron chi connectivity index (χ4n) is 2.23. The summed E-state index contributed by atoms with van der Waals surface area (Å²) in [6, 6.07) is 13.5. The summed E-state index contributed by atoms with van der Waals surface area (Å²) in [6.07, 6.45) is 4.11. The van der Waals surface area contributed by atoms with Gasteiger partial charge < -0.3 is 15.2 Å². The number of rotatable bonds is 5. The van der Waals surface area contributed by atoms with Gasteiger partial charge in [-0.3, -0.25) is 4.79 Å². The van der Waals surface area contributed by atoms with E-state index in [-0.39, 0.29) is 0 Å². The van der Waals surface area contributed by atoms with E-state index in [2.05, 4.69) is 20.6 Å². The van der Waals surface area contributed by atoms with Crippen LogP contribution in [0.25, 0.3) is 16.9 Å². The number of nitrogens with one attached hydrogen (secondary N) is 2. The molecule has 0 aliphatic carbocycles. The van der Waals surface area contributed by atoms with E-state index in [4.69, 9.17) is 0 Å². The molecule has 0 unspecified atom stereocenters. The molecule has 2 heterocycles. The lowest BCUT2D eigenvalue weighted by atomic mass is 10.2. The molecule has 1 amide bonds. The zero-order valence-electron chi connectivity index (χ0n) is 12.0. The van der Waals surface area contributed by atoms with Crippen LogP contribution >= 0.6 is 0 Å². The third kappa shape index (κ3) is 2.67. The molecule has 0 fully saturated rings. The van der Waals surface area contributed by atoms with Gasteiger partial charge in [-0.05, 0) is 18.2 Å². The number of benzene rings is 1. The van der Waals surface area contributed by atoms with Gasteiger partial charge in [-0.15, -0.1) is 0 Å². The predicted molar refractivity (Wildman–Crippen MR) is 86.0 cm³/mol. The van der Waals surface area contributed by atoms with Gasteiger partial charge in [0.05, 0.1) is 5.69 Å². The van der Waals surface area contributed by atoms with Crippen molar-refractivity contribution in [2.24, 2.45) is 0 Å². The van der Waals surface area contributed by atoms with Crippen LogP contribution in [-0.4, -0.2) is 28.0 Å². The molecule has 0 aliphatic heterocycles. The number of amides is 1. The number of hydrogen-bond donors (Lipinski definition) is 2. The number of anilines is 2. The first kappa shape index (κ1) is 13.8. The van der Waals surface area contributed by atoms with Gasteiger partial charge in [0.25, 0.3) is 0 Å².